The molecule has 0 bridgehead atoms. The van der Waals surface area contributed by atoms with E-state index >= 15 is 0 Å². The number of fused-ring (bicyclic) bond motifs is 3. The number of hydrogen-bond acceptors (Lipinski definition) is 10. The maximum absolute atomic E-state index is 12.4. The van der Waals surface area contributed by atoms with Crippen molar-refractivity contribution in [3.05, 3.63) is 45.6 Å². The third kappa shape index (κ3) is 5.85. The number of nitrogens with two attached hydrogens (primary N) is 1. The first-order valence-electron chi connectivity index (χ1n) is 10.6. The summed E-state index contributed by atoms with van der Waals surface area (Å²) in [6.07, 6.45) is -3.10. The number of benzene rings is 1. The van der Waals surface area contributed by atoms with Gasteiger partial charge >= 0.3 is 11.9 Å². The third-order valence-electron chi connectivity index (χ3n) is 5.57. The van der Waals surface area contributed by atoms with E-state index in [1.807, 2.05) is 12.1 Å². The van der Waals surface area contributed by atoms with Crippen LogP contribution in [0.4, 0.5) is 0 Å². The summed E-state index contributed by atoms with van der Waals surface area (Å²) in [5.41, 5.74) is 9.69. The predicted octanol–water partition coefficient (Wildman–Crippen LogP) is 0.572. The first kappa shape index (κ1) is 28.4. The Bertz CT molecular complexity index is 1160. The average Bonchev–Trinajstić information content (AvgIpc) is 3.10. The highest BCUT2D eigenvalue weighted by atomic mass is 16.5. The largest absolute Gasteiger partial charge is 0.493 e. The van der Waals surface area contributed by atoms with Gasteiger partial charge in [0.1, 0.15) is 0 Å². The summed E-state index contributed by atoms with van der Waals surface area (Å²) in [5.74, 6) is -1.59. The Kier molecular flexibility index (Phi) is 9.61. The summed E-state index contributed by atoms with van der Waals surface area (Å²) in [4.78, 5) is 32.0. The number of aliphatic hydroxyl groups is 2. The molecule has 0 saturated heterocycles. The molecule has 0 saturated carbocycles. The van der Waals surface area contributed by atoms with Gasteiger partial charge in [0.2, 0.25) is 11.2 Å². The van der Waals surface area contributed by atoms with E-state index in [0.717, 1.165) is 28.7 Å². The Labute approximate surface area is 206 Å². The van der Waals surface area contributed by atoms with Gasteiger partial charge in [-0.25, -0.2) is 9.59 Å². The van der Waals surface area contributed by atoms with Crippen LogP contribution in [-0.2, 0) is 16.0 Å². The van der Waals surface area contributed by atoms with Gasteiger partial charge in [0, 0.05) is 11.6 Å². The second-order valence-corrected chi connectivity index (χ2v) is 7.67. The van der Waals surface area contributed by atoms with Gasteiger partial charge in [-0.15, -0.1) is 0 Å². The van der Waals surface area contributed by atoms with Crippen LogP contribution in [0.25, 0.3) is 11.1 Å². The maximum Gasteiger partial charge on any atom is 0.335 e. The SMILES string of the molecule is COc1cc2c(c(OC)c1OC)-c1ccc(OC)c(=O)cc1[C@@H](N)CC2.O=C(O)C(O)C(O)C(=O)O. The van der Waals surface area contributed by atoms with Crippen molar-refractivity contribution in [1.29, 1.82) is 0 Å². The highest BCUT2D eigenvalue weighted by Gasteiger charge is 2.29. The van der Waals surface area contributed by atoms with Crippen LogP contribution in [0.5, 0.6) is 23.0 Å². The molecule has 12 nitrogen and oxygen atoms in total. The lowest BCUT2D eigenvalue weighted by molar-refractivity contribution is -0.165. The number of carboxylic acids is 2. The minimum Gasteiger partial charge on any atom is -0.493 e. The zero-order valence-corrected chi connectivity index (χ0v) is 20.2. The molecular formula is C24H29NO11. The van der Waals surface area contributed by atoms with Crippen LogP contribution in [0.3, 0.4) is 0 Å². The molecule has 12 heteroatoms. The van der Waals surface area contributed by atoms with Crippen LogP contribution in [-0.4, -0.2) is 73.0 Å². The summed E-state index contributed by atoms with van der Waals surface area (Å²) < 4.78 is 21.9. The average molecular weight is 507 g/mol. The molecule has 0 amide bonds. The number of carboxylic acid groups (broad SMARTS) is 2. The Balaban J connectivity index is 0.000000388. The van der Waals surface area contributed by atoms with Crippen LogP contribution in [0, 0.1) is 0 Å². The Morgan fingerprint density at radius 3 is 1.92 bits per heavy atom. The van der Waals surface area contributed by atoms with Crippen LogP contribution < -0.4 is 30.1 Å². The molecule has 1 aliphatic rings. The first-order chi connectivity index (χ1) is 17.0. The van der Waals surface area contributed by atoms with E-state index in [0.29, 0.717) is 23.7 Å². The van der Waals surface area contributed by atoms with Crippen LogP contribution in [0.1, 0.15) is 23.6 Å². The zero-order valence-electron chi connectivity index (χ0n) is 20.2. The Morgan fingerprint density at radius 2 is 1.44 bits per heavy atom. The molecule has 0 heterocycles. The molecule has 6 N–H and O–H groups in total. The smallest absolute Gasteiger partial charge is 0.335 e. The summed E-state index contributed by atoms with van der Waals surface area (Å²) in [7, 11) is 6.23. The standard InChI is InChI=1S/C20H23NO5.C4H6O6/c1-23-16-8-6-12-13(10-15(16)22)14(21)7-5-11-9-17(24-2)19(25-3)20(26-4)18(11)12;5-1(3(7)8)2(6)4(9)10/h6,8-10,14H,5,7,21H2,1-4H3;1-2,5-6H,(H,7,8)(H,9,10)/t14-;/m0./s1. The van der Waals surface area contributed by atoms with Gasteiger partial charge in [-0.05, 0) is 47.7 Å². The number of aryl methyl sites for hydroxylation is 1. The molecule has 0 aromatic heterocycles. The lowest BCUT2D eigenvalue weighted by Crippen LogP contribution is -2.39. The molecule has 2 unspecified atom stereocenters. The predicted molar refractivity (Wildman–Crippen MR) is 127 cm³/mol. The number of aliphatic carboxylic acids is 2. The molecule has 36 heavy (non-hydrogen) atoms. The van der Waals surface area contributed by atoms with Crippen molar-refractivity contribution >= 4 is 11.9 Å². The minimum atomic E-state index is -2.27. The van der Waals surface area contributed by atoms with E-state index in [-0.39, 0.29) is 17.2 Å². The molecule has 0 radical (unpaired) electrons. The van der Waals surface area contributed by atoms with Crippen LogP contribution in [0.15, 0.2) is 29.1 Å². The van der Waals surface area contributed by atoms with Gasteiger partial charge in [-0.1, -0.05) is 6.07 Å². The van der Waals surface area contributed by atoms with Gasteiger partial charge in [0.15, 0.2) is 29.5 Å². The molecule has 3 atom stereocenters. The molecule has 0 spiro atoms. The van der Waals surface area contributed by atoms with Crippen molar-refractivity contribution in [2.45, 2.75) is 31.1 Å². The number of ether oxygens (including phenoxy) is 4. The molecule has 196 valence electrons. The maximum atomic E-state index is 12.4. The fraction of sp³-hybridized carbons (Fsp3) is 0.375. The second kappa shape index (κ2) is 12.2. The summed E-state index contributed by atoms with van der Waals surface area (Å²) in [5, 5.41) is 32.5. The number of hydrogen-bond donors (Lipinski definition) is 5. The second-order valence-electron chi connectivity index (χ2n) is 7.67. The number of methoxy groups -OCH3 is 4. The monoisotopic (exact) mass is 507 g/mol. The van der Waals surface area contributed by atoms with Crippen molar-refractivity contribution in [2.24, 2.45) is 5.73 Å². The molecule has 1 aliphatic carbocycles. The zero-order chi connectivity index (χ0) is 27.2. The van der Waals surface area contributed by atoms with Gasteiger partial charge in [-0.3, -0.25) is 4.79 Å². The van der Waals surface area contributed by atoms with Crippen molar-refractivity contribution in [1.82, 2.24) is 0 Å². The van der Waals surface area contributed by atoms with Gasteiger partial charge in [0.25, 0.3) is 0 Å². The van der Waals surface area contributed by atoms with Crippen molar-refractivity contribution in [2.75, 3.05) is 28.4 Å². The molecule has 3 rings (SSSR count). The van der Waals surface area contributed by atoms with E-state index in [2.05, 4.69) is 0 Å². The van der Waals surface area contributed by atoms with Crippen molar-refractivity contribution in [3.8, 4) is 34.1 Å². The third-order valence-corrected chi connectivity index (χ3v) is 5.57. The number of carbonyl (C=O) groups is 2. The Morgan fingerprint density at radius 1 is 0.889 bits per heavy atom. The van der Waals surface area contributed by atoms with E-state index in [9.17, 15) is 14.4 Å². The summed E-state index contributed by atoms with van der Waals surface area (Å²) >= 11 is 0. The minimum absolute atomic E-state index is 0.202. The molecular weight excluding hydrogens is 478 g/mol. The highest BCUT2D eigenvalue weighted by Crippen LogP contribution is 2.49. The van der Waals surface area contributed by atoms with Gasteiger partial charge in [0.05, 0.1) is 28.4 Å². The summed E-state index contributed by atoms with van der Waals surface area (Å²) in [6.45, 7) is 0. The molecule has 2 aromatic rings. The quantitative estimate of drug-likeness (QED) is 0.350. The molecule has 0 fully saturated rings. The van der Waals surface area contributed by atoms with E-state index < -0.39 is 24.1 Å². The molecule has 2 aromatic carbocycles. The number of rotatable bonds is 7. The fourth-order valence-electron chi connectivity index (χ4n) is 3.77. The van der Waals surface area contributed by atoms with E-state index in [1.165, 1.54) is 7.11 Å². The first-order valence-corrected chi connectivity index (χ1v) is 10.6. The van der Waals surface area contributed by atoms with Gasteiger partial charge in [-0.2, -0.15) is 0 Å². The Hall–Kier alpha value is -3.87. The molecule has 0 aliphatic heterocycles. The van der Waals surface area contributed by atoms with Crippen LogP contribution in [0.2, 0.25) is 0 Å². The normalized spacial score (nSPS) is 15.5. The lowest BCUT2D eigenvalue weighted by Gasteiger charge is -2.19. The topological polar surface area (TPSA) is 195 Å². The van der Waals surface area contributed by atoms with Crippen molar-refractivity contribution in [3.63, 3.8) is 0 Å². The lowest BCUT2D eigenvalue weighted by atomic mass is 9.95. The highest BCUT2D eigenvalue weighted by molar-refractivity contribution is 5.83. The van der Waals surface area contributed by atoms with Crippen molar-refractivity contribution < 1.29 is 49.0 Å². The van der Waals surface area contributed by atoms with Gasteiger partial charge < -0.3 is 45.1 Å². The summed E-state index contributed by atoms with van der Waals surface area (Å²) in [6, 6.07) is 6.75. The van der Waals surface area contributed by atoms with Crippen LogP contribution >= 0.6 is 0 Å². The van der Waals surface area contributed by atoms with E-state index in [1.54, 1.807) is 33.5 Å². The van der Waals surface area contributed by atoms with E-state index in [4.69, 9.17) is 45.1 Å². The fourth-order valence-corrected chi connectivity index (χ4v) is 3.77. The number of aliphatic hydroxyl groups excluding tert-OH is 2.